The molecule has 14 heavy (non-hydrogen) atoms. The van der Waals surface area contributed by atoms with Gasteiger partial charge >= 0.3 is 0 Å². The van der Waals surface area contributed by atoms with Gasteiger partial charge in [0.25, 0.3) is 0 Å². The predicted octanol–water partition coefficient (Wildman–Crippen LogP) is 1.61. The Morgan fingerprint density at radius 3 is 2.71 bits per heavy atom. The van der Waals surface area contributed by atoms with Gasteiger partial charge < -0.3 is 0 Å². The molecule has 0 heterocycles. The molecule has 1 rings (SSSR count). The fourth-order valence-corrected chi connectivity index (χ4v) is 1.22. The number of hydrogen-bond acceptors (Lipinski definition) is 2. The minimum absolute atomic E-state index is 0.205. The van der Waals surface area contributed by atoms with Crippen LogP contribution in [0.1, 0.15) is 18.4 Å². The summed E-state index contributed by atoms with van der Waals surface area (Å²) in [6.07, 6.45) is 3.67. The summed E-state index contributed by atoms with van der Waals surface area (Å²) in [4.78, 5) is 10.9. The SMILES string of the molecule is N#CNC(=O)CCCc1ccccc1. The van der Waals surface area contributed by atoms with Gasteiger partial charge in [-0.15, -0.1) is 0 Å². The summed E-state index contributed by atoms with van der Waals surface area (Å²) < 4.78 is 0. The number of carbonyl (C=O) groups is 1. The molecule has 0 aliphatic rings. The molecule has 0 radical (unpaired) electrons. The third-order valence-corrected chi connectivity index (χ3v) is 1.91. The molecule has 0 unspecified atom stereocenters. The molecule has 3 heteroatoms. The first-order valence-corrected chi connectivity index (χ1v) is 4.55. The molecule has 0 saturated heterocycles. The van der Waals surface area contributed by atoms with Crippen LogP contribution in [0.25, 0.3) is 0 Å². The van der Waals surface area contributed by atoms with Crippen LogP contribution in [0.15, 0.2) is 30.3 Å². The highest BCUT2D eigenvalue weighted by Crippen LogP contribution is 2.03. The van der Waals surface area contributed by atoms with Crippen molar-refractivity contribution in [3.63, 3.8) is 0 Å². The summed E-state index contributed by atoms with van der Waals surface area (Å²) >= 11 is 0. The fraction of sp³-hybridized carbons (Fsp3) is 0.273. The topological polar surface area (TPSA) is 52.9 Å². The fourth-order valence-electron chi connectivity index (χ4n) is 1.22. The first-order valence-electron chi connectivity index (χ1n) is 4.55. The highest BCUT2D eigenvalue weighted by Gasteiger charge is 1.99. The van der Waals surface area contributed by atoms with Gasteiger partial charge in [0, 0.05) is 6.42 Å². The maximum atomic E-state index is 10.9. The molecule has 0 spiro atoms. The van der Waals surface area contributed by atoms with Crippen molar-refractivity contribution in [2.24, 2.45) is 0 Å². The molecule has 1 aromatic carbocycles. The van der Waals surface area contributed by atoms with Gasteiger partial charge in [0.2, 0.25) is 5.91 Å². The Bertz CT molecular complexity index is 327. The summed E-state index contributed by atoms with van der Waals surface area (Å²) in [5, 5.41) is 10.3. The van der Waals surface area contributed by atoms with E-state index in [1.165, 1.54) is 5.56 Å². The zero-order chi connectivity index (χ0) is 10.2. The van der Waals surface area contributed by atoms with E-state index >= 15 is 0 Å². The van der Waals surface area contributed by atoms with Gasteiger partial charge in [-0.25, -0.2) is 0 Å². The second-order valence-electron chi connectivity index (χ2n) is 3.00. The van der Waals surface area contributed by atoms with Crippen molar-refractivity contribution in [2.45, 2.75) is 19.3 Å². The maximum absolute atomic E-state index is 10.9. The number of nitrogens with one attached hydrogen (secondary N) is 1. The molecule has 72 valence electrons. The lowest BCUT2D eigenvalue weighted by molar-refractivity contribution is -0.120. The third-order valence-electron chi connectivity index (χ3n) is 1.91. The molecule has 3 nitrogen and oxygen atoms in total. The van der Waals surface area contributed by atoms with Gasteiger partial charge in [0.1, 0.15) is 0 Å². The molecule has 0 atom stereocenters. The molecule has 0 aliphatic heterocycles. The third kappa shape index (κ3) is 3.72. The van der Waals surface area contributed by atoms with E-state index in [2.05, 4.69) is 5.32 Å². The lowest BCUT2D eigenvalue weighted by atomic mass is 10.1. The highest BCUT2D eigenvalue weighted by atomic mass is 16.1. The molecular weight excluding hydrogens is 176 g/mol. The van der Waals surface area contributed by atoms with E-state index in [0.29, 0.717) is 6.42 Å². The highest BCUT2D eigenvalue weighted by molar-refractivity contribution is 5.77. The van der Waals surface area contributed by atoms with Gasteiger partial charge in [-0.3, -0.25) is 10.1 Å². The van der Waals surface area contributed by atoms with Crippen molar-refractivity contribution in [3.05, 3.63) is 35.9 Å². The van der Waals surface area contributed by atoms with Crippen LogP contribution in [-0.4, -0.2) is 5.91 Å². The molecule has 0 fully saturated rings. The summed E-state index contributed by atoms with van der Waals surface area (Å²) in [6, 6.07) is 9.98. The minimum atomic E-state index is -0.205. The Morgan fingerprint density at radius 2 is 2.07 bits per heavy atom. The van der Waals surface area contributed by atoms with Crippen molar-refractivity contribution >= 4 is 5.91 Å². The maximum Gasteiger partial charge on any atom is 0.232 e. The number of aryl methyl sites for hydroxylation is 1. The first kappa shape index (κ1) is 10.3. The molecule has 0 aliphatic carbocycles. The average molecular weight is 188 g/mol. The number of benzene rings is 1. The summed E-state index contributed by atoms with van der Waals surface area (Å²) in [6.45, 7) is 0. The number of nitrogens with zero attached hydrogens (tertiary/aromatic N) is 1. The van der Waals surface area contributed by atoms with Crippen LogP contribution in [0.4, 0.5) is 0 Å². The van der Waals surface area contributed by atoms with Crippen molar-refractivity contribution in [3.8, 4) is 6.19 Å². The Balaban J connectivity index is 2.23. The quantitative estimate of drug-likeness (QED) is 0.576. The van der Waals surface area contributed by atoms with Gasteiger partial charge in [-0.05, 0) is 18.4 Å². The van der Waals surface area contributed by atoms with Gasteiger partial charge in [0.05, 0.1) is 0 Å². The Hall–Kier alpha value is -1.82. The molecular formula is C11H12N2O. The van der Waals surface area contributed by atoms with Crippen LogP contribution >= 0.6 is 0 Å². The van der Waals surface area contributed by atoms with E-state index in [9.17, 15) is 4.79 Å². The number of carbonyl (C=O) groups excluding carboxylic acids is 1. The van der Waals surface area contributed by atoms with Crippen LogP contribution in [0.2, 0.25) is 0 Å². The standard InChI is InChI=1S/C11H12N2O/c12-9-13-11(14)8-4-7-10-5-2-1-3-6-10/h1-3,5-6H,4,7-8H2,(H,13,14). The molecule has 0 aromatic heterocycles. The number of rotatable bonds is 4. The van der Waals surface area contributed by atoms with Crippen LogP contribution in [-0.2, 0) is 11.2 Å². The summed E-state index contributed by atoms with van der Waals surface area (Å²) in [5.41, 5.74) is 1.22. The van der Waals surface area contributed by atoms with Gasteiger partial charge in [-0.2, -0.15) is 5.26 Å². The van der Waals surface area contributed by atoms with Crippen LogP contribution in [0.5, 0.6) is 0 Å². The Labute approximate surface area is 83.4 Å². The van der Waals surface area contributed by atoms with Crippen molar-refractivity contribution in [2.75, 3.05) is 0 Å². The number of hydrogen-bond donors (Lipinski definition) is 1. The smallest absolute Gasteiger partial charge is 0.232 e. The van der Waals surface area contributed by atoms with Crippen LogP contribution in [0.3, 0.4) is 0 Å². The number of nitriles is 1. The van der Waals surface area contributed by atoms with Crippen LogP contribution < -0.4 is 5.32 Å². The first-order chi connectivity index (χ1) is 6.83. The zero-order valence-electron chi connectivity index (χ0n) is 7.86. The van der Waals surface area contributed by atoms with Gasteiger partial charge in [0.15, 0.2) is 6.19 Å². The second kappa shape index (κ2) is 5.76. The van der Waals surface area contributed by atoms with E-state index in [1.807, 2.05) is 30.3 Å². The van der Waals surface area contributed by atoms with Crippen molar-refractivity contribution in [1.82, 2.24) is 5.32 Å². The normalized spacial score (nSPS) is 9.07. The van der Waals surface area contributed by atoms with E-state index in [4.69, 9.17) is 5.26 Å². The monoisotopic (exact) mass is 188 g/mol. The molecule has 0 bridgehead atoms. The zero-order valence-corrected chi connectivity index (χ0v) is 7.86. The molecule has 1 amide bonds. The molecule has 0 saturated carbocycles. The summed E-state index contributed by atoms with van der Waals surface area (Å²) in [5.74, 6) is -0.205. The van der Waals surface area contributed by atoms with E-state index < -0.39 is 0 Å². The lowest BCUT2D eigenvalue weighted by Crippen LogP contribution is -2.16. The van der Waals surface area contributed by atoms with E-state index in [1.54, 1.807) is 6.19 Å². The number of amides is 1. The Kier molecular flexibility index (Phi) is 4.22. The largest absolute Gasteiger partial charge is 0.274 e. The van der Waals surface area contributed by atoms with E-state index in [-0.39, 0.29) is 5.91 Å². The van der Waals surface area contributed by atoms with Crippen molar-refractivity contribution < 1.29 is 4.79 Å². The summed E-state index contributed by atoms with van der Waals surface area (Å²) in [7, 11) is 0. The van der Waals surface area contributed by atoms with E-state index in [0.717, 1.165) is 12.8 Å². The van der Waals surface area contributed by atoms with Gasteiger partial charge in [-0.1, -0.05) is 30.3 Å². The second-order valence-corrected chi connectivity index (χ2v) is 3.00. The van der Waals surface area contributed by atoms with Crippen molar-refractivity contribution in [1.29, 1.82) is 5.26 Å². The predicted molar refractivity (Wildman–Crippen MR) is 53.1 cm³/mol. The molecule has 1 N–H and O–H groups in total. The van der Waals surface area contributed by atoms with Crippen LogP contribution in [0, 0.1) is 11.5 Å². The minimum Gasteiger partial charge on any atom is -0.274 e. The average Bonchev–Trinajstić information content (AvgIpc) is 2.20. The lowest BCUT2D eigenvalue weighted by Gasteiger charge is -1.99. The Morgan fingerprint density at radius 1 is 1.36 bits per heavy atom. The molecule has 1 aromatic rings.